The highest BCUT2D eigenvalue weighted by atomic mass is 16.3. The molecule has 1 aromatic rings. The summed E-state index contributed by atoms with van der Waals surface area (Å²) in [6.07, 6.45) is 6.55. The second kappa shape index (κ2) is 9.46. The van der Waals surface area contributed by atoms with Gasteiger partial charge in [-0.15, -0.1) is 0 Å². The van der Waals surface area contributed by atoms with Gasteiger partial charge in [-0.05, 0) is 44.8 Å². The third-order valence-corrected chi connectivity index (χ3v) is 8.07. The first-order valence-corrected chi connectivity index (χ1v) is 12.5. The number of nitrogens with zero attached hydrogens (tertiary/aromatic N) is 3. The van der Waals surface area contributed by atoms with Crippen molar-refractivity contribution in [1.29, 1.82) is 0 Å². The second-order valence-corrected chi connectivity index (χ2v) is 9.96. The van der Waals surface area contributed by atoms with Crippen LogP contribution in [0.15, 0.2) is 23.0 Å². The van der Waals surface area contributed by atoms with Gasteiger partial charge in [0.2, 0.25) is 5.91 Å². The number of amides is 3. The molecule has 5 rings (SSSR count). The van der Waals surface area contributed by atoms with E-state index in [9.17, 15) is 19.5 Å². The third kappa shape index (κ3) is 4.17. The van der Waals surface area contributed by atoms with Crippen LogP contribution in [0.4, 0.5) is 4.79 Å². The van der Waals surface area contributed by atoms with Crippen LogP contribution in [0.2, 0.25) is 0 Å². The molecule has 1 aliphatic carbocycles. The quantitative estimate of drug-likeness (QED) is 0.582. The standard InChI is InChI=1S/C24H35N5O4/c30-15-17-19-14-28-18(8-5-9-20(28)31)22(29(19)24(33)26-16-6-1-2-7-16)21(17)23(32)25-10-13-27-11-3-4-12-27/h5,8-9,16-17,19,21-22,30H,1-4,6-7,10-15H2,(H,25,32)(H,26,33)/t17-,19-,21+,22+/m1/s1. The van der Waals surface area contributed by atoms with Gasteiger partial charge in [-0.3, -0.25) is 9.59 Å². The first-order chi connectivity index (χ1) is 16.1. The maximum absolute atomic E-state index is 13.5. The summed E-state index contributed by atoms with van der Waals surface area (Å²) in [5.74, 6) is -1.16. The lowest BCUT2D eigenvalue weighted by molar-refractivity contribution is -0.127. The monoisotopic (exact) mass is 457 g/mol. The Kier molecular flexibility index (Phi) is 6.42. The van der Waals surface area contributed by atoms with Crippen LogP contribution in [0.5, 0.6) is 0 Å². The molecular formula is C24H35N5O4. The van der Waals surface area contributed by atoms with Gasteiger partial charge in [0.25, 0.3) is 5.56 Å². The SMILES string of the molecule is O=C(NCCN1CCCC1)[C@H]1[C@H](CO)[C@H]2Cn3c(cccc3=O)[C@@H]1N2C(=O)NC1CCCC1. The number of pyridine rings is 1. The Morgan fingerprint density at radius 1 is 1.09 bits per heavy atom. The van der Waals surface area contributed by atoms with Gasteiger partial charge in [-0.25, -0.2) is 4.79 Å². The fourth-order valence-electron chi connectivity index (χ4n) is 6.42. The molecule has 33 heavy (non-hydrogen) atoms. The van der Waals surface area contributed by atoms with E-state index in [1.165, 1.54) is 18.9 Å². The molecule has 0 spiro atoms. The number of aliphatic hydroxyl groups excluding tert-OH is 1. The number of rotatable bonds is 6. The molecule has 4 atom stereocenters. The molecule has 2 saturated heterocycles. The molecule has 4 heterocycles. The van der Waals surface area contributed by atoms with Crippen LogP contribution in [-0.4, -0.2) is 76.3 Å². The van der Waals surface area contributed by atoms with E-state index in [2.05, 4.69) is 15.5 Å². The number of aromatic nitrogens is 1. The van der Waals surface area contributed by atoms with Gasteiger partial charge in [0.1, 0.15) is 0 Å². The molecule has 2 bridgehead atoms. The number of hydrogen-bond acceptors (Lipinski definition) is 5. The van der Waals surface area contributed by atoms with Gasteiger partial charge in [-0.2, -0.15) is 0 Å². The summed E-state index contributed by atoms with van der Waals surface area (Å²) in [7, 11) is 0. The van der Waals surface area contributed by atoms with E-state index < -0.39 is 23.9 Å². The summed E-state index contributed by atoms with van der Waals surface area (Å²) >= 11 is 0. The fourth-order valence-corrected chi connectivity index (χ4v) is 6.42. The summed E-state index contributed by atoms with van der Waals surface area (Å²) in [5.41, 5.74) is 0.543. The molecular weight excluding hydrogens is 422 g/mol. The molecule has 3 aliphatic heterocycles. The third-order valence-electron chi connectivity index (χ3n) is 8.07. The van der Waals surface area contributed by atoms with Crippen molar-refractivity contribution in [3.8, 4) is 0 Å². The predicted molar refractivity (Wildman–Crippen MR) is 123 cm³/mol. The van der Waals surface area contributed by atoms with Crippen LogP contribution in [0.25, 0.3) is 0 Å². The van der Waals surface area contributed by atoms with Gasteiger partial charge < -0.3 is 30.1 Å². The first kappa shape index (κ1) is 22.4. The first-order valence-electron chi connectivity index (χ1n) is 12.5. The molecule has 0 aromatic carbocycles. The highest BCUT2D eigenvalue weighted by molar-refractivity contribution is 5.84. The zero-order valence-corrected chi connectivity index (χ0v) is 19.1. The van der Waals surface area contributed by atoms with E-state index in [-0.39, 0.29) is 30.1 Å². The van der Waals surface area contributed by atoms with Crippen molar-refractivity contribution >= 4 is 11.9 Å². The van der Waals surface area contributed by atoms with Gasteiger partial charge in [0.05, 0.1) is 18.0 Å². The Balaban J connectivity index is 1.41. The lowest BCUT2D eigenvalue weighted by atomic mass is 9.86. The van der Waals surface area contributed by atoms with Crippen LogP contribution in [0.3, 0.4) is 0 Å². The Labute approximate surface area is 194 Å². The van der Waals surface area contributed by atoms with Crippen LogP contribution in [0.1, 0.15) is 50.3 Å². The number of likely N-dealkylation sites (tertiary alicyclic amines) is 1. The number of urea groups is 1. The summed E-state index contributed by atoms with van der Waals surface area (Å²) in [6.45, 7) is 3.57. The van der Waals surface area contributed by atoms with Gasteiger partial charge in [0.15, 0.2) is 0 Å². The zero-order valence-electron chi connectivity index (χ0n) is 19.1. The van der Waals surface area contributed by atoms with E-state index in [1.54, 1.807) is 15.5 Å². The number of aliphatic hydroxyl groups is 1. The molecule has 9 nitrogen and oxygen atoms in total. The summed E-state index contributed by atoms with van der Waals surface area (Å²) in [6, 6.07) is 4.03. The smallest absolute Gasteiger partial charge is 0.318 e. The molecule has 0 radical (unpaired) electrons. The Morgan fingerprint density at radius 2 is 1.85 bits per heavy atom. The van der Waals surface area contributed by atoms with E-state index in [0.29, 0.717) is 18.8 Å². The highest BCUT2D eigenvalue weighted by Crippen LogP contribution is 2.48. The Morgan fingerprint density at radius 3 is 2.58 bits per heavy atom. The maximum Gasteiger partial charge on any atom is 0.318 e. The fraction of sp³-hybridized carbons (Fsp3) is 0.708. The van der Waals surface area contributed by atoms with Crippen molar-refractivity contribution in [1.82, 2.24) is 25.0 Å². The van der Waals surface area contributed by atoms with E-state index in [0.717, 1.165) is 45.3 Å². The van der Waals surface area contributed by atoms with Crippen molar-refractivity contribution in [2.24, 2.45) is 11.8 Å². The molecule has 180 valence electrons. The van der Waals surface area contributed by atoms with E-state index >= 15 is 0 Å². The number of carbonyl (C=O) groups excluding carboxylic acids is 2. The van der Waals surface area contributed by atoms with Crippen molar-refractivity contribution in [3.63, 3.8) is 0 Å². The van der Waals surface area contributed by atoms with Crippen LogP contribution in [-0.2, 0) is 11.3 Å². The van der Waals surface area contributed by atoms with Crippen LogP contribution in [0, 0.1) is 11.8 Å². The highest BCUT2D eigenvalue weighted by Gasteiger charge is 2.57. The van der Waals surface area contributed by atoms with Crippen LogP contribution < -0.4 is 16.2 Å². The minimum atomic E-state index is -0.594. The lowest BCUT2D eigenvalue weighted by Crippen LogP contribution is -2.53. The predicted octanol–water partition coefficient (Wildman–Crippen LogP) is 0.676. The normalized spacial score (nSPS) is 29.3. The van der Waals surface area contributed by atoms with Crippen LogP contribution >= 0.6 is 0 Å². The summed E-state index contributed by atoms with van der Waals surface area (Å²) in [4.78, 5) is 43.6. The average molecular weight is 458 g/mol. The van der Waals surface area contributed by atoms with Crippen molar-refractivity contribution in [3.05, 3.63) is 34.2 Å². The molecule has 1 aromatic heterocycles. The maximum atomic E-state index is 13.5. The topological polar surface area (TPSA) is 107 Å². The number of carbonyl (C=O) groups is 2. The average Bonchev–Trinajstić information content (AvgIpc) is 3.54. The number of nitrogens with one attached hydrogen (secondary N) is 2. The molecule has 0 unspecified atom stereocenters. The second-order valence-electron chi connectivity index (χ2n) is 9.96. The lowest BCUT2D eigenvalue weighted by Gasteiger charge is -2.38. The Hall–Kier alpha value is -2.39. The Bertz CT molecular complexity index is 937. The molecule has 9 heteroatoms. The van der Waals surface area contributed by atoms with Crippen molar-refractivity contribution in [2.45, 2.75) is 63.2 Å². The summed E-state index contributed by atoms with van der Waals surface area (Å²) < 4.78 is 1.68. The molecule has 3 fully saturated rings. The van der Waals surface area contributed by atoms with Gasteiger partial charge >= 0.3 is 6.03 Å². The van der Waals surface area contributed by atoms with Gasteiger partial charge in [0, 0.05) is 50.0 Å². The summed E-state index contributed by atoms with van der Waals surface area (Å²) in [5, 5.41) is 16.6. The molecule has 3 amide bonds. The zero-order chi connectivity index (χ0) is 22.9. The van der Waals surface area contributed by atoms with Crippen molar-refractivity contribution in [2.75, 3.05) is 32.8 Å². The van der Waals surface area contributed by atoms with Gasteiger partial charge in [-0.1, -0.05) is 18.9 Å². The minimum absolute atomic E-state index is 0.134. The molecule has 1 saturated carbocycles. The van der Waals surface area contributed by atoms with E-state index in [1.807, 2.05) is 6.07 Å². The van der Waals surface area contributed by atoms with Crippen molar-refractivity contribution < 1.29 is 14.7 Å². The van der Waals surface area contributed by atoms with E-state index in [4.69, 9.17) is 0 Å². The number of fused-ring (bicyclic) bond motifs is 4. The largest absolute Gasteiger partial charge is 0.396 e. The molecule has 4 aliphatic rings. The number of hydrogen-bond donors (Lipinski definition) is 3. The minimum Gasteiger partial charge on any atom is -0.396 e. The molecule has 3 N–H and O–H groups in total.